The number of methoxy groups -OCH3 is 2. The van der Waals surface area contributed by atoms with Crippen LogP contribution in [0.15, 0.2) is 41.0 Å². The van der Waals surface area contributed by atoms with E-state index in [0.29, 0.717) is 23.8 Å². The number of furan rings is 1. The molecule has 5 nitrogen and oxygen atoms in total. The second-order valence-corrected chi connectivity index (χ2v) is 3.98. The Labute approximate surface area is 111 Å². The molecule has 19 heavy (non-hydrogen) atoms. The zero-order valence-corrected chi connectivity index (χ0v) is 10.9. The van der Waals surface area contributed by atoms with Crippen LogP contribution >= 0.6 is 0 Å². The van der Waals surface area contributed by atoms with Crippen LogP contribution in [-0.4, -0.2) is 25.9 Å². The number of aliphatic hydroxyl groups is 1. The van der Waals surface area contributed by atoms with Gasteiger partial charge in [0.15, 0.2) is 0 Å². The zero-order chi connectivity index (χ0) is 13.7. The maximum absolute atomic E-state index is 9.91. The fourth-order valence-electron chi connectivity index (χ4n) is 1.73. The molecule has 0 radical (unpaired) electrons. The third-order valence-corrected chi connectivity index (χ3v) is 2.77. The lowest BCUT2D eigenvalue weighted by Crippen LogP contribution is -2.12. The van der Waals surface area contributed by atoms with Gasteiger partial charge >= 0.3 is 0 Å². The molecule has 1 aromatic carbocycles. The number of hydrogen-bond donors (Lipinski definition) is 2. The van der Waals surface area contributed by atoms with Gasteiger partial charge in [-0.15, -0.1) is 0 Å². The number of ether oxygens (including phenoxy) is 2. The fourth-order valence-corrected chi connectivity index (χ4v) is 1.73. The van der Waals surface area contributed by atoms with Gasteiger partial charge in [0.1, 0.15) is 23.4 Å². The highest BCUT2D eigenvalue weighted by Gasteiger charge is 2.11. The number of aliphatic hydroxyl groups excluding tert-OH is 1. The molecule has 2 aromatic rings. The molecule has 5 heteroatoms. The van der Waals surface area contributed by atoms with Crippen molar-refractivity contribution in [2.24, 2.45) is 0 Å². The first kappa shape index (κ1) is 13.3. The average Bonchev–Trinajstić information content (AvgIpc) is 2.98. The van der Waals surface area contributed by atoms with Crippen LogP contribution in [0, 0.1) is 0 Å². The molecule has 0 spiro atoms. The van der Waals surface area contributed by atoms with Crippen LogP contribution in [0.1, 0.15) is 11.9 Å². The van der Waals surface area contributed by atoms with E-state index in [0.717, 1.165) is 5.69 Å². The van der Waals surface area contributed by atoms with Gasteiger partial charge in [-0.05, 0) is 24.3 Å². The van der Waals surface area contributed by atoms with E-state index in [-0.39, 0.29) is 0 Å². The smallest absolute Gasteiger partial charge is 0.145 e. The molecule has 1 heterocycles. The van der Waals surface area contributed by atoms with E-state index in [2.05, 4.69) is 5.32 Å². The molecule has 1 atom stereocenters. The Morgan fingerprint density at radius 2 is 2.11 bits per heavy atom. The number of rotatable bonds is 6. The van der Waals surface area contributed by atoms with Crippen LogP contribution in [-0.2, 0) is 0 Å². The summed E-state index contributed by atoms with van der Waals surface area (Å²) < 4.78 is 15.5. The van der Waals surface area contributed by atoms with Crippen LogP contribution in [0.4, 0.5) is 5.69 Å². The molecule has 1 aromatic heterocycles. The summed E-state index contributed by atoms with van der Waals surface area (Å²) in [5.41, 5.74) is 0.786. The Hall–Kier alpha value is -2.14. The average molecular weight is 263 g/mol. The Morgan fingerprint density at radius 3 is 2.74 bits per heavy atom. The van der Waals surface area contributed by atoms with E-state index in [1.165, 1.54) is 6.26 Å². The van der Waals surface area contributed by atoms with Gasteiger partial charge in [-0.3, -0.25) is 0 Å². The van der Waals surface area contributed by atoms with E-state index in [1.54, 1.807) is 32.4 Å². The maximum Gasteiger partial charge on any atom is 0.145 e. The fraction of sp³-hybridized carbons (Fsp3) is 0.286. The first-order chi connectivity index (χ1) is 9.24. The summed E-state index contributed by atoms with van der Waals surface area (Å²) in [5.74, 6) is 1.90. The van der Waals surface area contributed by atoms with E-state index in [4.69, 9.17) is 13.9 Å². The molecule has 0 fully saturated rings. The quantitative estimate of drug-likeness (QED) is 0.838. The van der Waals surface area contributed by atoms with E-state index < -0.39 is 6.10 Å². The van der Waals surface area contributed by atoms with Gasteiger partial charge in [0.25, 0.3) is 0 Å². The van der Waals surface area contributed by atoms with Crippen molar-refractivity contribution >= 4 is 5.69 Å². The van der Waals surface area contributed by atoms with Crippen LogP contribution in [0.3, 0.4) is 0 Å². The topological polar surface area (TPSA) is 63.9 Å². The van der Waals surface area contributed by atoms with Crippen molar-refractivity contribution in [3.63, 3.8) is 0 Å². The number of hydrogen-bond acceptors (Lipinski definition) is 5. The minimum Gasteiger partial charge on any atom is -0.497 e. The molecule has 1 unspecified atom stereocenters. The summed E-state index contributed by atoms with van der Waals surface area (Å²) in [7, 11) is 3.19. The van der Waals surface area contributed by atoms with Crippen molar-refractivity contribution in [1.29, 1.82) is 0 Å². The molecule has 2 rings (SSSR count). The highest BCUT2D eigenvalue weighted by atomic mass is 16.5. The molecule has 0 amide bonds. The van der Waals surface area contributed by atoms with Gasteiger partial charge in [-0.25, -0.2) is 0 Å². The largest absolute Gasteiger partial charge is 0.497 e. The second kappa shape index (κ2) is 6.15. The van der Waals surface area contributed by atoms with E-state index >= 15 is 0 Å². The molecule has 0 bridgehead atoms. The van der Waals surface area contributed by atoms with Gasteiger partial charge < -0.3 is 24.3 Å². The lowest BCUT2D eigenvalue weighted by Gasteiger charge is -2.14. The zero-order valence-electron chi connectivity index (χ0n) is 10.9. The monoisotopic (exact) mass is 263 g/mol. The number of anilines is 1. The summed E-state index contributed by atoms with van der Waals surface area (Å²) in [5, 5.41) is 13.0. The molecule has 0 aliphatic carbocycles. The molecule has 2 N–H and O–H groups in total. The van der Waals surface area contributed by atoms with Crippen LogP contribution in [0.25, 0.3) is 0 Å². The Bertz CT molecular complexity index is 510. The van der Waals surface area contributed by atoms with Crippen LogP contribution < -0.4 is 14.8 Å². The molecule has 102 valence electrons. The Balaban J connectivity index is 2.03. The van der Waals surface area contributed by atoms with E-state index in [9.17, 15) is 5.11 Å². The first-order valence-electron chi connectivity index (χ1n) is 5.92. The summed E-state index contributed by atoms with van der Waals surface area (Å²) in [6.45, 7) is 0.330. The summed E-state index contributed by atoms with van der Waals surface area (Å²) in [6.07, 6.45) is 0.828. The first-order valence-corrected chi connectivity index (χ1v) is 5.92. The highest BCUT2D eigenvalue weighted by molar-refractivity contribution is 5.59. The van der Waals surface area contributed by atoms with Gasteiger partial charge in [0, 0.05) is 12.6 Å². The SMILES string of the molecule is COc1ccc(NCC(O)c2ccco2)c(OC)c1. The van der Waals surface area contributed by atoms with Crippen molar-refractivity contribution in [2.75, 3.05) is 26.1 Å². The lowest BCUT2D eigenvalue weighted by molar-refractivity contribution is 0.162. The van der Waals surface area contributed by atoms with Gasteiger partial charge in [-0.2, -0.15) is 0 Å². The molecule has 0 aliphatic heterocycles. The Kier molecular flexibility index (Phi) is 4.30. The second-order valence-electron chi connectivity index (χ2n) is 3.98. The van der Waals surface area contributed by atoms with Crippen molar-refractivity contribution in [2.45, 2.75) is 6.10 Å². The summed E-state index contributed by atoms with van der Waals surface area (Å²) in [6, 6.07) is 8.92. The van der Waals surface area contributed by atoms with Crippen molar-refractivity contribution in [3.8, 4) is 11.5 Å². The number of nitrogens with one attached hydrogen (secondary N) is 1. The third kappa shape index (κ3) is 3.20. The predicted molar refractivity (Wildman–Crippen MR) is 71.7 cm³/mol. The lowest BCUT2D eigenvalue weighted by atomic mass is 10.2. The van der Waals surface area contributed by atoms with Crippen LogP contribution in [0.5, 0.6) is 11.5 Å². The van der Waals surface area contributed by atoms with Crippen molar-refractivity contribution in [1.82, 2.24) is 0 Å². The molecule has 0 aliphatic rings. The highest BCUT2D eigenvalue weighted by Crippen LogP contribution is 2.29. The number of benzene rings is 1. The maximum atomic E-state index is 9.91. The van der Waals surface area contributed by atoms with Gasteiger partial charge in [0.2, 0.25) is 0 Å². The van der Waals surface area contributed by atoms with Crippen molar-refractivity contribution < 1.29 is 19.0 Å². The van der Waals surface area contributed by atoms with Gasteiger partial charge in [-0.1, -0.05) is 0 Å². The minimum atomic E-state index is -0.707. The molecular formula is C14H17NO4. The third-order valence-electron chi connectivity index (χ3n) is 2.77. The van der Waals surface area contributed by atoms with Crippen molar-refractivity contribution in [3.05, 3.63) is 42.4 Å². The van der Waals surface area contributed by atoms with Crippen LogP contribution in [0.2, 0.25) is 0 Å². The molecular weight excluding hydrogens is 246 g/mol. The standard InChI is InChI=1S/C14H17NO4/c1-17-10-5-6-11(14(8-10)18-2)15-9-12(16)13-4-3-7-19-13/h3-8,12,15-16H,9H2,1-2H3. The van der Waals surface area contributed by atoms with Gasteiger partial charge in [0.05, 0.1) is 26.2 Å². The predicted octanol–water partition coefficient (Wildman–Crippen LogP) is 2.44. The minimum absolute atomic E-state index is 0.330. The normalized spacial score (nSPS) is 11.9. The Morgan fingerprint density at radius 1 is 1.26 bits per heavy atom. The van der Waals surface area contributed by atoms with E-state index in [1.807, 2.05) is 12.1 Å². The summed E-state index contributed by atoms with van der Waals surface area (Å²) >= 11 is 0. The molecule has 0 saturated carbocycles. The summed E-state index contributed by atoms with van der Waals surface area (Å²) in [4.78, 5) is 0. The molecule has 0 saturated heterocycles.